The van der Waals surface area contributed by atoms with E-state index in [2.05, 4.69) is 20.6 Å². The van der Waals surface area contributed by atoms with Crippen LogP contribution < -0.4 is 4.90 Å². The topological polar surface area (TPSA) is 96.5 Å². The van der Waals surface area contributed by atoms with E-state index >= 15 is 0 Å². The van der Waals surface area contributed by atoms with E-state index in [9.17, 15) is 4.79 Å². The van der Waals surface area contributed by atoms with Crippen LogP contribution in [0.3, 0.4) is 0 Å². The molecular weight excluding hydrogens is 236 g/mol. The van der Waals surface area contributed by atoms with E-state index in [4.69, 9.17) is 5.11 Å². The van der Waals surface area contributed by atoms with Gasteiger partial charge in [-0.3, -0.25) is 4.79 Å². The summed E-state index contributed by atoms with van der Waals surface area (Å²) in [4.78, 5) is 13.0. The van der Waals surface area contributed by atoms with Gasteiger partial charge in [0.2, 0.25) is 0 Å². The zero-order valence-electron chi connectivity index (χ0n) is 9.60. The second-order valence-electron chi connectivity index (χ2n) is 4.34. The summed E-state index contributed by atoms with van der Waals surface area (Å²) >= 11 is 0. The summed E-state index contributed by atoms with van der Waals surface area (Å²) in [6.45, 7) is 1.29. The highest BCUT2D eigenvalue weighted by Gasteiger charge is 2.26. The molecule has 1 aliphatic heterocycles. The number of aromatic nitrogens is 5. The zero-order valence-corrected chi connectivity index (χ0v) is 9.60. The van der Waals surface area contributed by atoms with E-state index < -0.39 is 5.97 Å². The van der Waals surface area contributed by atoms with Gasteiger partial charge in [-0.2, -0.15) is 0 Å². The number of anilines is 1. The van der Waals surface area contributed by atoms with Crippen LogP contribution in [0.15, 0.2) is 12.1 Å². The minimum Gasteiger partial charge on any atom is -0.481 e. The van der Waals surface area contributed by atoms with E-state index in [0.717, 1.165) is 19.4 Å². The van der Waals surface area contributed by atoms with Crippen LogP contribution in [-0.2, 0) is 4.79 Å². The van der Waals surface area contributed by atoms with Crippen LogP contribution in [-0.4, -0.2) is 49.4 Å². The molecule has 0 aromatic carbocycles. The first-order valence-corrected chi connectivity index (χ1v) is 5.77. The Balaban J connectivity index is 1.86. The lowest BCUT2D eigenvalue weighted by atomic mass is 9.98. The fourth-order valence-electron chi connectivity index (χ4n) is 2.20. The van der Waals surface area contributed by atoms with Gasteiger partial charge >= 0.3 is 5.97 Å². The summed E-state index contributed by atoms with van der Waals surface area (Å²) in [5, 5.41) is 24.3. The SMILES string of the molecule is O=C(O)C1CCCN(c2ccc3nnnn3n2)C1. The van der Waals surface area contributed by atoms with Crippen molar-refractivity contribution < 1.29 is 9.90 Å². The highest BCUT2D eigenvalue weighted by atomic mass is 16.4. The molecule has 0 saturated carbocycles. The molecule has 1 unspecified atom stereocenters. The van der Waals surface area contributed by atoms with Crippen LogP contribution in [0, 0.1) is 5.92 Å². The Labute approximate surface area is 102 Å². The molecule has 1 fully saturated rings. The highest BCUT2D eigenvalue weighted by Crippen LogP contribution is 2.21. The number of carbonyl (C=O) groups is 1. The Morgan fingerprint density at radius 3 is 3.17 bits per heavy atom. The smallest absolute Gasteiger partial charge is 0.308 e. The lowest BCUT2D eigenvalue weighted by molar-refractivity contribution is -0.141. The van der Waals surface area contributed by atoms with Crippen LogP contribution in [0.25, 0.3) is 5.65 Å². The highest BCUT2D eigenvalue weighted by molar-refractivity contribution is 5.71. The standard InChI is InChI=1S/C10H12N6O2/c17-10(18)7-2-1-5-15(6-7)9-4-3-8-11-13-14-16(8)12-9/h3-4,7H,1-2,5-6H2,(H,17,18). The van der Waals surface area contributed by atoms with Gasteiger partial charge in [0, 0.05) is 13.1 Å². The first-order valence-electron chi connectivity index (χ1n) is 5.77. The molecule has 0 spiro atoms. The van der Waals surface area contributed by atoms with Crippen LogP contribution >= 0.6 is 0 Å². The van der Waals surface area contributed by atoms with Gasteiger partial charge in [-0.05, 0) is 35.4 Å². The Morgan fingerprint density at radius 2 is 2.33 bits per heavy atom. The van der Waals surface area contributed by atoms with Crippen molar-refractivity contribution in [3.8, 4) is 0 Å². The van der Waals surface area contributed by atoms with Gasteiger partial charge in [0.1, 0.15) is 0 Å². The van der Waals surface area contributed by atoms with E-state index in [1.807, 2.05) is 11.0 Å². The number of hydrogen-bond acceptors (Lipinski definition) is 6. The van der Waals surface area contributed by atoms with Crippen molar-refractivity contribution in [3.63, 3.8) is 0 Å². The number of carboxylic acid groups (broad SMARTS) is 1. The van der Waals surface area contributed by atoms with Gasteiger partial charge < -0.3 is 10.0 Å². The Morgan fingerprint density at radius 1 is 1.44 bits per heavy atom. The third-order valence-corrected chi connectivity index (χ3v) is 3.15. The minimum absolute atomic E-state index is 0.329. The fraction of sp³-hybridized carbons (Fsp3) is 0.500. The van der Waals surface area contributed by atoms with Gasteiger partial charge in [-0.15, -0.1) is 14.8 Å². The maximum absolute atomic E-state index is 11.0. The Kier molecular flexibility index (Phi) is 2.54. The lowest BCUT2D eigenvalue weighted by Gasteiger charge is -2.31. The van der Waals surface area contributed by atoms with Gasteiger partial charge in [-0.25, -0.2) is 0 Å². The van der Waals surface area contributed by atoms with Gasteiger partial charge in [0.15, 0.2) is 11.5 Å². The molecule has 8 nitrogen and oxygen atoms in total. The minimum atomic E-state index is -0.747. The number of hydrogen-bond donors (Lipinski definition) is 1. The van der Waals surface area contributed by atoms with Crippen LogP contribution in [0.2, 0.25) is 0 Å². The molecule has 0 radical (unpaired) electrons. The monoisotopic (exact) mass is 248 g/mol. The quantitative estimate of drug-likeness (QED) is 0.787. The predicted molar refractivity (Wildman–Crippen MR) is 61.1 cm³/mol. The maximum atomic E-state index is 11.0. The first-order chi connectivity index (χ1) is 8.74. The number of rotatable bonds is 2. The van der Waals surface area contributed by atoms with Crippen LogP contribution in [0.4, 0.5) is 5.82 Å². The third-order valence-electron chi connectivity index (χ3n) is 3.15. The summed E-state index contributed by atoms with van der Waals surface area (Å²) in [5.74, 6) is -0.367. The Bertz CT molecular complexity index is 583. The van der Waals surface area contributed by atoms with Crippen LogP contribution in [0.1, 0.15) is 12.8 Å². The van der Waals surface area contributed by atoms with Crippen LogP contribution in [0.5, 0.6) is 0 Å². The zero-order chi connectivity index (χ0) is 12.5. The van der Waals surface area contributed by atoms with Crippen molar-refractivity contribution in [2.24, 2.45) is 5.92 Å². The summed E-state index contributed by atoms with van der Waals surface area (Å²) < 4.78 is 1.35. The molecule has 8 heteroatoms. The van der Waals surface area contributed by atoms with Gasteiger partial charge in [-0.1, -0.05) is 0 Å². The van der Waals surface area contributed by atoms with E-state index in [1.54, 1.807) is 6.07 Å². The molecule has 2 aromatic rings. The van der Waals surface area contributed by atoms with Gasteiger partial charge in [0.25, 0.3) is 0 Å². The molecule has 18 heavy (non-hydrogen) atoms. The molecule has 94 valence electrons. The second-order valence-corrected chi connectivity index (χ2v) is 4.34. The summed E-state index contributed by atoms with van der Waals surface area (Å²) in [6.07, 6.45) is 1.57. The molecule has 2 aromatic heterocycles. The van der Waals surface area contributed by atoms with Crippen molar-refractivity contribution in [2.45, 2.75) is 12.8 Å². The van der Waals surface area contributed by atoms with E-state index in [1.165, 1.54) is 4.63 Å². The molecule has 1 saturated heterocycles. The number of piperidine rings is 1. The number of aliphatic carboxylic acids is 1. The molecule has 1 atom stereocenters. The lowest BCUT2D eigenvalue weighted by Crippen LogP contribution is -2.39. The van der Waals surface area contributed by atoms with Crippen molar-refractivity contribution in [1.29, 1.82) is 0 Å². The summed E-state index contributed by atoms with van der Waals surface area (Å²) in [7, 11) is 0. The molecular formula is C10H12N6O2. The largest absolute Gasteiger partial charge is 0.481 e. The normalized spacial score (nSPS) is 20.2. The maximum Gasteiger partial charge on any atom is 0.308 e. The van der Waals surface area contributed by atoms with Crippen molar-refractivity contribution in [1.82, 2.24) is 25.3 Å². The van der Waals surface area contributed by atoms with Crippen molar-refractivity contribution >= 4 is 17.4 Å². The summed E-state index contributed by atoms with van der Waals surface area (Å²) in [5.41, 5.74) is 0.575. The Hall–Kier alpha value is -2.25. The number of tetrazole rings is 1. The molecule has 3 rings (SSSR count). The number of carboxylic acids is 1. The molecule has 0 aliphatic carbocycles. The number of fused-ring (bicyclic) bond motifs is 1. The van der Waals surface area contributed by atoms with E-state index in [0.29, 0.717) is 18.0 Å². The summed E-state index contributed by atoms with van der Waals surface area (Å²) in [6, 6.07) is 3.59. The average molecular weight is 248 g/mol. The predicted octanol–water partition coefficient (Wildman–Crippen LogP) is -0.180. The molecule has 0 bridgehead atoms. The van der Waals surface area contributed by atoms with E-state index in [-0.39, 0.29) is 5.92 Å². The first kappa shape index (κ1) is 10.9. The van der Waals surface area contributed by atoms with Crippen molar-refractivity contribution in [3.05, 3.63) is 12.1 Å². The molecule has 3 heterocycles. The van der Waals surface area contributed by atoms with Crippen molar-refractivity contribution in [2.75, 3.05) is 18.0 Å². The molecule has 1 N–H and O–H groups in total. The number of nitrogens with zero attached hydrogens (tertiary/aromatic N) is 6. The van der Waals surface area contributed by atoms with Gasteiger partial charge in [0.05, 0.1) is 5.92 Å². The fourth-order valence-corrected chi connectivity index (χ4v) is 2.20. The average Bonchev–Trinajstić information content (AvgIpc) is 2.86. The second kappa shape index (κ2) is 4.21. The molecule has 1 aliphatic rings. The third kappa shape index (κ3) is 1.85. The molecule has 0 amide bonds.